The Morgan fingerprint density at radius 2 is 1.88 bits per heavy atom. The molecule has 0 aliphatic carbocycles. The van der Waals surface area contributed by atoms with E-state index in [1.54, 1.807) is 6.07 Å². The molecule has 16 heavy (non-hydrogen) atoms. The number of likely N-dealkylation sites (N-methyl/N-ethyl adjacent to an activating group) is 1. The lowest BCUT2D eigenvalue weighted by molar-refractivity contribution is 0.444. The highest BCUT2D eigenvalue weighted by molar-refractivity contribution is 5.22. The number of rotatable bonds is 5. The van der Waals surface area contributed by atoms with E-state index in [4.69, 9.17) is 0 Å². The first-order valence-electron chi connectivity index (χ1n) is 5.78. The van der Waals surface area contributed by atoms with E-state index in [-0.39, 0.29) is 5.92 Å². The van der Waals surface area contributed by atoms with Crippen molar-refractivity contribution >= 4 is 0 Å². The molecule has 0 fully saturated rings. The molecule has 2 atom stereocenters. The minimum absolute atomic E-state index is 0.181. The van der Waals surface area contributed by atoms with Gasteiger partial charge in [0, 0.05) is 6.04 Å². The molecule has 0 aromatic heterocycles. The third-order valence-electron chi connectivity index (χ3n) is 2.98. The van der Waals surface area contributed by atoms with Gasteiger partial charge in [0.1, 0.15) is 0 Å². The molecule has 3 heteroatoms. The summed E-state index contributed by atoms with van der Waals surface area (Å²) in [4.78, 5) is 0. The van der Waals surface area contributed by atoms with Crippen molar-refractivity contribution in [2.24, 2.45) is 0 Å². The molecule has 1 nitrogen and oxygen atoms in total. The number of benzene rings is 1. The molecule has 0 aliphatic heterocycles. The fraction of sp³-hybridized carbons (Fsp3) is 0.538. The highest BCUT2D eigenvalue weighted by Gasteiger charge is 2.17. The molecule has 0 aliphatic rings. The topological polar surface area (TPSA) is 12.0 Å². The quantitative estimate of drug-likeness (QED) is 0.812. The SMILES string of the molecule is CCNC(CC)C(C)c1ccc(F)c(F)c1. The summed E-state index contributed by atoms with van der Waals surface area (Å²) in [5, 5.41) is 3.35. The maximum absolute atomic E-state index is 13.1. The Bertz CT molecular complexity index is 339. The van der Waals surface area contributed by atoms with Crippen LogP contribution in [0.2, 0.25) is 0 Å². The van der Waals surface area contributed by atoms with Gasteiger partial charge >= 0.3 is 0 Å². The highest BCUT2D eigenvalue weighted by atomic mass is 19.2. The van der Waals surface area contributed by atoms with Crippen LogP contribution in [0.15, 0.2) is 18.2 Å². The number of hydrogen-bond acceptors (Lipinski definition) is 1. The van der Waals surface area contributed by atoms with Crippen molar-refractivity contribution in [3.63, 3.8) is 0 Å². The van der Waals surface area contributed by atoms with Crippen LogP contribution in [0.25, 0.3) is 0 Å². The molecule has 0 spiro atoms. The molecule has 90 valence electrons. The minimum atomic E-state index is -0.785. The third-order valence-corrected chi connectivity index (χ3v) is 2.98. The Morgan fingerprint density at radius 1 is 1.19 bits per heavy atom. The van der Waals surface area contributed by atoms with Crippen molar-refractivity contribution in [2.75, 3.05) is 6.54 Å². The minimum Gasteiger partial charge on any atom is -0.314 e. The first-order valence-corrected chi connectivity index (χ1v) is 5.78. The van der Waals surface area contributed by atoms with Crippen molar-refractivity contribution in [1.82, 2.24) is 5.32 Å². The van der Waals surface area contributed by atoms with Gasteiger partial charge in [0.2, 0.25) is 0 Å². The van der Waals surface area contributed by atoms with Crippen molar-refractivity contribution in [2.45, 2.75) is 39.2 Å². The molecule has 1 aromatic rings. The molecule has 1 aromatic carbocycles. The number of nitrogens with one attached hydrogen (secondary N) is 1. The lowest BCUT2D eigenvalue weighted by atomic mass is 9.91. The first kappa shape index (κ1) is 13.1. The summed E-state index contributed by atoms with van der Waals surface area (Å²) in [6, 6.07) is 4.44. The van der Waals surface area contributed by atoms with Crippen LogP contribution < -0.4 is 5.32 Å². The molecule has 1 rings (SSSR count). The lowest BCUT2D eigenvalue weighted by Gasteiger charge is -2.24. The van der Waals surface area contributed by atoms with Gasteiger partial charge in [-0.05, 0) is 36.6 Å². The van der Waals surface area contributed by atoms with Crippen LogP contribution in [0.4, 0.5) is 8.78 Å². The summed E-state index contributed by atoms with van der Waals surface area (Å²) in [6.07, 6.45) is 0.966. The van der Waals surface area contributed by atoms with E-state index < -0.39 is 11.6 Å². The van der Waals surface area contributed by atoms with E-state index in [0.717, 1.165) is 18.5 Å². The lowest BCUT2D eigenvalue weighted by Crippen LogP contribution is -2.33. The molecule has 0 saturated carbocycles. The predicted molar refractivity (Wildman–Crippen MR) is 62.5 cm³/mol. The molecule has 0 amide bonds. The highest BCUT2D eigenvalue weighted by Crippen LogP contribution is 2.22. The van der Waals surface area contributed by atoms with E-state index in [1.807, 2.05) is 13.8 Å². The van der Waals surface area contributed by atoms with E-state index >= 15 is 0 Å². The van der Waals surface area contributed by atoms with Gasteiger partial charge in [-0.1, -0.05) is 26.8 Å². The van der Waals surface area contributed by atoms with Gasteiger partial charge in [-0.2, -0.15) is 0 Å². The van der Waals surface area contributed by atoms with Crippen molar-refractivity contribution in [3.8, 4) is 0 Å². The second-order valence-corrected chi connectivity index (χ2v) is 4.03. The molecular formula is C13H19F2N. The van der Waals surface area contributed by atoms with Gasteiger partial charge in [-0.15, -0.1) is 0 Å². The largest absolute Gasteiger partial charge is 0.314 e. The fourth-order valence-corrected chi connectivity index (χ4v) is 1.96. The smallest absolute Gasteiger partial charge is 0.159 e. The Hall–Kier alpha value is -0.960. The van der Waals surface area contributed by atoms with Gasteiger partial charge in [-0.3, -0.25) is 0 Å². The van der Waals surface area contributed by atoms with Gasteiger partial charge in [0.05, 0.1) is 0 Å². The first-order chi connectivity index (χ1) is 7.60. The average Bonchev–Trinajstić information content (AvgIpc) is 2.28. The van der Waals surface area contributed by atoms with Gasteiger partial charge in [0.15, 0.2) is 11.6 Å². The Balaban J connectivity index is 2.85. The zero-order valence-corrected chi connectivity index (χ0v) is 10.1. The summed E-state index contributed by atoms with van der Waals surface area (Å²) in [6.45, 7) is 7.04. The van der Waals surface area contributed by atoms with Gasteiger partial charge in [-0.25, -0.2) is 8.78 Å². The molecule has 0 heterocycles. The Kier molecular flexibility index (Phi) is 4.87. The summed E-state index contributed by atoms with van der Waals surface area (Å²) in [5.74, 6) is -1.37. The van der Waals surface area contributed by atoms with Crippen LogP contribution in [0, 0.1) is 11.6 Å². The molecular weight excluding hydrogens is 208 g/mol. The molecule has 0 saturated heterocycles. The number of hydrogen-bond donors (Lipinski definition) is 1. The molecule has 2 unspecified atom stereocenters. The van der Waals surface area contributed by atoms with Gasteiger partial charge < -0.3 is 5.32 Å². The van der Waals surface area contributed by atoms with Crippen LogP contribution in [0.3, 0.4) is 0 Å². The Morgan fingerprint density at radius 3 is 2.38 bits per heavy atom. The molecule has 0 bridgehead atoms. The fourth-order valence-electron chi connectivity index (χ4n) is 1.96. The third kappa shape index (κ3) is 3.01. The monoisotopic (exact) mass is 227 g/mol. The molecule has 1 N–H and O–H groups in total. The van der Waals surface area contributed by atoms with E-state index in [9.17, 15) is 8.78 Å². The van der Waals surface area contributed by atoms with Crippen molar-refractivity contribution in [3.05, 3.63) is 35.4 Å². The van der Waals surface area contributed by atoms with Gasteiger partial charge in [0.25, 0.3) is 0 Å². The normalized spacial score (nSPS) is 14.8. The van der Waals surface area contributed by atoms with E-state index in [0.29, 0.717) is 6.04 Å². The maximum Gasteiger partial charge on any atom is 0.159 e. The molecule has 0 radical (unpaired) electrons. The van der Waals surface area contributed by atoms with Crippen LogP contribution >= 0.6 is 0 Å². The summed E-state index contributed by atoms with van der Waals surface area (Å²) in [7, 11) is 0. The van der Waals surface area contributed by atoms with Crippen molar-refractivity contribution < 1.29 is 8.78 Å². The van der Waals surface area contributed by atoms with E-state index in [1.165, 1.54) is 12.1 Å². The van der Waals surface area contributed by atoms with Crippen LogP contribution in [-0.4, -0.2) is 12.6 Å². The average molecular weight is 227 g/mol. The number of halogens is 2. The predicted octanol–water partition coefficient (Wildman–Crippen LogP) is 3.46. The summed E-state index contributed by atoms with van der Waals surface area (Å²) in [5.41, 5.74) is 0.840. The Labute approximate surface area is 95.9 Å². The zero-order valence-electron chi connectivity index (χ0n) is 10.1. The second kappa shape index (κ2) is 5.94. The summed E-state index contributed by atoms with van der Waals surface area (Å²) < 4.78 is 25.9. The zero-order chi connectivity index (χ0) is 12.1. The maximum atomic E-state index is 13.1. The van der Waals surface area contributed by atoms with Crippen LogP contribution in [0.5, 0.6) is 0 Å². The second-order valence-electron chi connectivity index (χ2n) is 4.03. The standard InChI is InChI=1S/C13H19F2N/c1-4-13(16-5-2)9(3)10-6-7-11(14)12(15)8-10/h6-9,13,16H,4-5H2,1-3H3. The van der Waals surface area contributed by atoms with Crippen LogP contribution in [-0.2, 0) is 0 Å². The van der Waals surface area contributed by atoms with E-state index in [2.05, 4.69) is 12.2 Å². The van der Waals surface area contributed by atoms with Crippen molar-refractivity contribution in [1.29, 1.82) is 0 Å². The summed E-state index contributed by atoms with van der Waals surface area (Å²) >= 11 is 0. The van der Waals surface area contributed by atoms with Crippen LogP contribution in [0.1, 0.15) is 38.7 Å².